The van der Waals surface area contributed by atoms with Crippen LogP contribution in [0.4, 0.5) is 11.4 Å². The van der Waals surface area contributed by atoms with E-state index in [1.54, 1.807) is 0 Å². The smallest absolute Gasteiger partial charge is 0.333 e. The zero-order chi connectivity index (χ0) is 40.0. The van der Waals surface area contributed by atoms with Crippen molar-refractivity contribution in [2.75, 3.05) is 4.81 Å². The average Bonchev–Trinajstić information content (AvgIpc) is 3.97. The minimum Gasteiger partial charge on any atom is -0.376 e. The van der Waals surface area contributed by atoms with Crippen molar-refractivity contribution in [1.29, 1.82) is 0 Å². The standard InChI is InChI=1S/C55H39BN2S2/c1-54(2,3)30-18-20-31(21-19-30)58-46-26-41-34-14-8-11-17-49(34)59-50(41)27-38(46)35-22-23-36-39-28-51-40(33-13-7-10-16-48(33)60-51)25-45(39)57-47-24-37-32-12-6-9-15-42(32)55(4,5)43(37)29-44(47)56(58)52(35)53(36)57/h6-29H,1-5H3. The highest BCUT2D eigenvalue weighted by atomic mass is 32.1. The van der Waals surface area contributed by atoms with Gasteiger partial charge in [0.25, 0.3) is 0 Å². The summed E-state index contributed by atoms with van der Waals surface area (Å²) in [5, 5.41) is 7.99. The Kier molecular flexibility index (Phi) is 6.26. The van der Waals surface area contributed by atoms with Gasteiger partial charge in [0.1, 0.15) is 0 Å². The Labute approximate surface area is 357 Å². The van der Waals surface area contributed by atoms with Gasteiger partial charge in [-0.2, -0.15) is 0 Å². The molecule has 0 spiro atoms. The van der Waals surface area contributed by atoms with Crippen LogP contribution in [-0.2, 0) is 10.8 Å². The maximum Gasteiger partial charge on any atom is 0.333 e. The number of anilines is 2. The number of thiophene rings is 2. The lowest BCUT2D eigenvalue weighted by molar-refractivity contribution is 0.590. The molecule has 0 saturated carbocycles. The molecule has 60 heavy (non-hydrogen) atoms. The third-order valence-corrected chi connectivity index (χ3v) is 16.6. The molecule has 3 aromatic heterocycles. The molecule has 0 saturated heterocycles. The molecule has 11 aromatic rings. The van der Waals surface area contributed by atoms with Crippen molar-refractivity contribution < 1.29 is 0 Å². The van der Waals surface area contributed by atoms with Gasteiger partial charge < -0.3 is 9.38 Å². The molecule has 0 atom stereocenters. The molecule has 2 aliphatic heterocycles. The van der Waals surface area contributed by atoms with E-state index in [0.29, 0.717) is 0 Å². The van der Waals surface area contributed by atoms with Crippen LogP contribution in [0.5, 0.6) is 0 Å². The van der Waals surface area contributed by atoms with Crippen molar-refractivity contribution in [1.82, 2.24) is 4.57 Å². The fourth-order valence-electron chi connectivity index (χ4n) is 11.4. The molecule has 0 amide bonds. The van der Waals surface area contributed by atoms with E-state index < -0.39 is 0 Å². The monoisotopic (exact) mass is 802 g/mol. The number of fused-ring (bicyclic) bond motifs is 17. The van der Waals surface area contributed by atoms with E-state index >= 15 is 0 Å². The van der Waals surface area contributed by atoms with Crippen LogP contribution in [0, 0.1) is 0 Å². The minimum absolute atomic E-state index is 0.0439. The molecule has 14 rings (SSSR count). The van der Waals surface area contributed by atoms with E-state index in [9.17, 15) is 0 Å². The van der Waals surface area contributed by atoms with Crippen molar-refractivity contribution >= 4 is 114 Å². The fourth-order valence-corrected chi connectivity index (χ4v) is 13.7. The molecule has 284 valence electrons. The highest BCUT2D eigenvalue weighted by Crippen LogP contribution is 2.53. The summed E-state index contributed by atoms with van der Waals surface area (Å²) >= 11 is 3.83. The normalized spacial score (nSPS) is 14.8. The number of rotatable bonds is 1. The summed E-state index contributed by atoms with van der Waals surface area (Å²) in [4.78, 5) is 2.71. The molecular formula is C55H39BN2S2. The van der Waals surface area contributed by atoms with E-state index in [1.807, 2.05) is 22.7 Å². The van der Waals surface area contributed by atoms with E-state index in [0.717, 1.165) is 0 Å². The Morgan fingerprint density at radius 1 is 0.500 bits per heavy atom. The van der Waals surface area contributed by atoms with E-state index in [4.69, 9.17) is 0 Å². The van der Waals surface area contributed by atoms with E-state index in [2.05, 4.69) is 190 Å². The molecule has 1 aliphatic carbocycles. The largest absolute Gasteiger partial charge is 0.376 e. The Morgan fingerprint density at radius 3 is 1.93 bits per heavy atom. The van der Waals surface area contributed by atoms with Gasteiger partial charge in [-0.05, 0) is 104 Å². The summed E-state index contributed by atoms with van der Waals surface area (Å²) in [5.41, 5.74) is 18.6. The predicted octanol–water partition coefficient (Wildman–Crippen LogP) is 14.4. The van der Waals surface area contributed by atoms with Gasteiger partial charge in [-0.1, -0.05) is 126 Å². The summed E-state index contributed by atoms with van der Waals surface area (Å²) in [7, 11) is 0. The Hall–Kier alpha value is -6.14. The van der Waals surface area contributed by atoms with Crippen LogP contribution in [0.25, 0.3) is 90.1 Å². The lowest BCUT2D eigenvalue weighted by Gasteiger charge is -2.42. The van der Waals surface area contributed by atoms with Gasteiger partial charge >= 0.3 is 6.85 Å². The van der Waals surface area contributed by atoms with Gasteiger partial charge in [-0.15, -0.1) is 22.7 Å². The number of hydrogen-bond donors (Lipinski definition) is 0. The zero-order valence-corrected chi connectivity index (χ0v) is 35.8. The van der Waals surface area contributed by atoms with Crippen LogP contribution in [0.1, 0.15) is 51.3 Å². The van der Waals surface area contributed by atoms with Crippen molar-refractivity contribution in [3.05, 3.63) is 162 Å². The molecule has 0 bridgehead atoms. The van der Waals surface area contributed by atoms with Gasteiger partial charge in [0.05, 0.1) is 11.0 Å². The van der Waals surface area contributed by atoms with Crippen molar-refractivity contribution in [3.63, 3.8) is 0 Å². The molecule has 0 N–H and O–H groups in total. The summed E-state index contributed by atoms with van der Waals surface area (Å²) in [5.74, 6) is 0. The first kappa shape index (κ1) is 33.7. The zero-order valence-electron chi connectivity index (χ0n) is 34.1. The summed E-state index contributed by atoms with van der Waals surface area (Å²) in [6, 6.07) is 56.6. The molecule has 5 heterocycles. The Morgan fingerprint density at radius 2 is 1.18 bits per heavy atom. The highest BCUT2D eigenvalue weighted by Gasteiger charge is 2.46. The first-order valence-electron chi connectivity index (χ1n) is 21.2. The number of hydrogen-bond acceptors (Lipinski definition) is 3. The molecule has 0 unspecified atom stereocenters. The fraction of sp³-hybridized carbons (Fsp3) is 0.127. The quantitative estimate of drug-likeness (QED) is 0.150. The second-order valence-corrected chi connectivity index (χ2v) is 21.1. The maximum absolute atomic E-state index is 2.71. The van der Waals surface area contributed by atoms with Crippen molar-refractivity contribution in [2.45, 2.75) is 45.4 Å². The third kappa shape index (κ3) is 4.15. The van der Waals surface area contributed by atoms with Crippen LogP contribution in [0.3, 0.4) is 0 Å². The van der Waals surface area contributed by atoms with Crippen LogP contribution in [-0.4, -0.2) is 11.4 Å². The van der Waals surface area contributed by atoms with Gasteiger partial charge in [-0.25, -0.2) is 0 Å². The Balaban J connectivity index is 1.17. The van der Waals surface area contributed by atoms with Crippen LogP contribution >= 0.6 is 22.7 Å². The molecule has 0 fully saturated rings. The van der Waals surface area contributed by atoms with Gasteiger partial charge in [0.2, 0.25) is 0 Å². The molecule has 3 aliphatic rings. The average molecular weight is 803 g/mol. The molecule has 0 radical (unpaired) electrons. The van der Waals surface area contributed by atoms with Crippen LogP contribution in [0.15, 0.2) is 146 Å². The SMILES string of the molecule is CC(C)(C)c1ccc(N2B3c4cc5c(cc4-n4c6cc7c(cc6c6ccc(c3c64)-c3cc4sc6ccccc6c4cc32)sc2ccccc27)-c2ccccc2C5(C)C)cc1. The summed E-state index contributed by atoms with van der Waals surface area (Å²) in [6.07, 6.45) is 0. The molecular weight excluding hydrogens is 764 g/mol. The molecule has 8 aromatic carbocycles. The topological polar surface area (TPSA) is 8.17 Å². The van der Waals surface area contributed by atoms with Crippen LogP contribution in [0.2, 0.25) is 0 Å². The molecule has 2 nitrogen and oxygen atoms in total. The lowest BCUT2D eigenvalue weighted by Crippen LogP contribution is -2.60. The van der Waals surface area contributed by atoms with Crippen molar-refractivity contribution in [2.24, 2.45) is 0 Å². The predicted molar refractivity (Wildman–Crippen MR) is 262 cm³/mol. The first-order chi connectivity index (χ1) is 29.1. The first-order valence-corrected chi connectivity index (χ1v) is 22.8. The molecule has 5 heteroatoms. The van der Waals surface area contributed by atoms with Crippen LogP contribution < -0.4 is 15.7 Å². The van der Waals surface area contributed by atoms with Crippen molar-refractivity contribution in [3.8, 4) is 27.9 Å². The number of benzene rings is 8. The number of nitrogens with zero attached hydrogens (tertiary/aromatic N) is 2. The Bertz CT molecular complexity index is 3740. The van der Waals surface area contributed by atoms with Gasteiger partial charge in [-0.3, -0.25) is 0 Å². The van der Waals surface area contributed by atoms with Gasteiger partial charge in [0.15, 0.2) is 0 Å². The maximum atomic E-state index is 2.71. The third-order valence-electron chi connectivity index (χ3n) is 14.3. The number of aromatic nitrogens is 1. The summed E-state index contributed by atoms with van der Waals surface area (Å²) < 4.78 is 8.03. The minimum atomic E-state index is -0.135. The van der Waals surface area contributed by atoms with E-state index in [1.165, 1.54) is 129 Å². The highest BCUT2D eigenvalue weighted by molar-refractivity contribution is 7.26. The van der Waals surface area contributed by atoms with E-state index in [-0.39, 0.29) is 17.7 Å². The lowest BCUT2D eigenvalue weighted by atomic mass is 9.43. The summed E-state index contributed by atoms with van der Waals surface area (Å²) in [6.45, 7) is 11.7. The second kappa shape index (κ2) is 11.2. The van der Waals surface area contributed by atoms with Gasteiger partial charge in [0, 0.05) is 79.2 Å². The second-order valence-electron chi connectivity index (χ2n) is 18.9.